The zero-order chi connectivity index (χ0) is 21.6. The van der Waals surface area contributed by atoms with Crippen molar-refractivity contribution >= 4 is 5.82 Å². The number of rotatable bonds is 6. The van der Waals surface area contributed by atoms with Crippen molar-refractivity contribution in [3.63, 3.8) is 0 Å². The molecule has 0 spiro atoms. The predicted molar refractivity (Wildman–Crippen MR) is 127 cm³/mol. The number of anilines is 1. The number of nitrogens with zero attached hydrogens (tertiary/aromatic N) is 4. The number of hydrogen-bond acceptors (Lipinski definition) is 4. The second-order valence-corrected chi connectivity index (χ2v) is 8.23. The van der Waals surface area contributed by atoms with Crippen molar-refractivity contribution in [3.8, 4) is 12.3 Å². The molecule has 0 N–H and O–H groups in total. The van der Waals surface area contributed by atoms with Gasteiger partial charge in [-0.2, -0.15) is 0 Å². The Morgan fingerprint density at radius 1 is 1.03 bits per heavy atom. The molecule has 0 bridgehead atoms. The van der Waals surface area contributed by atoms with Crippen LogP contribution in [-0.4, -0.2) is 28.0 Å². The van der Waals surface area contributed by atoms with Crippen molar-refractivity contribution in [1.29, 1.82) is 0 Å². The summed E-state index contributed by atoms with van der Waals surface area (Å²) in [5.74, 6) is 4.05. The first-order valence-electron chi connectivity index (χ1n) is 11.1. The van der Waals surface area contributed by atoms with E-state index in [-0.39, 0.29) is 6.04 Å². The van der Waals surface area contributed by atoms with E-state index in [4.69, 9.17) is 11.4 Å². The van der Waals surface area contributed by atoms with Gasteiger partial charge in [0, 0.05) is 31.7 Å². The van der Waals surface area contributed by atoms with Gasteiger partial charge >= 0.3 is 0 Å². The summed E-state index contributed by atoms with van der Waals surface area (Å²) in [6.07, 6.45) is 10.9. The van der Waals surface area contributed by atoms with E-state index < -0.39 is 0 Å². The lowest BCUT2D eigenvalue weighted by molar-refractivity contribution is 0.149. The van der Waals surface area contributed by atoms with E-state index >= 15 is 0 Å². The lowest BCUT2D eigenvalue weighted by atomic mass is 10.0. The summed E-state index contributed by atoms with van der Waals surface area (Å²) >= 11 is 0. The Morgan fingerprint density at radius 2 is 1.71 bits per heavy atom. The normalized spacial score (nSPS) is 18.6. The largest absolute Gasteiger partial charge is 0.355 e. The van der Waals surface area contributed by atoms with Gasteiger partial charge in [-0.1, -0.05) is 73.5 Å². The molecule has 0 amide bonds. The van der Waals surface area contributed by atoms with E-state index in [9.17, 15) is 0 Å². The van der Waals surface area contributed by atoms with Gasteiger partial charge in [0.2, 0.25) is 0 Å². The highest BCUT2D eigenvalue weighted by Crippen LogP contribution is 2.37. The van der Waals surface area contributed by atoms with Gasteiger partial charge in [0.15, 0.2) is 0 Å². The number of benzene rings is 2. The summed E-state index contributed by atoms with van der Waals surface area (Å²) in [6.45, 7) is 3.85. The molecule has 2 atom stereocenters. The summed E-state index contributed by atoms with van der Waals surface area (Å²) in [6, 6.07) is 21.3. The van der Waals surface area contributed by atoms with Gasteiger partial charge in [0.05, 0.1) is 5.69 Å². The van der Waals surface area contributed by atoms with Crippen molar-refractivity contribution in [3.05, 3.63) is 89.4 Å². The summed E-state index contributed by atoms with van der Waals surface area (Å²) in [5, 5.41) is 0. The van der Waals surface area contributed by atoms with Crippen LogP contribution >= 0.6 is 0 Å². The van der Waals surface area contributed by atoms with Crippen LogP contribution in [0, 0.1) is 12.3 Å². The van der Waals surface area contributed by atoms with Crippen LogP contribution in [-0.2, 0) is 19.5 Å². The minimum atomic E-state index is -0.155. The summed E-state index contributed by atoms with van der Waals surface area (Å²) < 4.78 is 0. The number of aromatic nitrogens is 2. The van der Waals surface area contributed by atoms with Gasteiger partial charge in [0.25, 0.3) is 0 Å². The quantitative estimate of drug-likeness (QED) is 0.535. The summed E-state index contributed by atoms with van der Waals surface area (Å²) in [4.78, 5) is 14.1. The van der Waals surface area contributed by atoms with Gasteiger partial charge in [-0.15, -0.1) is 6.42 Å². The first-order chi connectivity index (χ1) is 15.2. The van der Waals surface area contributed by atoms with Crippen molar-refractivity contribution in [1.82, 2.24) is 14.9 Å². The maximum absolute atomic E-state index is 6.20. The fraction of sp³-hybridized carbons (Fsp3) is 0.333. The van der Waals surface area contributed by atoms with E-state index in [0.29, 0.717) is 6.04 Å². The van der Waals surface area contributed by atoms with E-state index in [1.54, 1.807) is 6.33 Å². The van der Waals surface area contributed by atoms with Gasteiger partial charge in [-0.3, -0.25) is 4.90 Å². The van der Waals surface area contributed by atoms with E-state index in [0.717, 1.165) is 49.4 Å². The van der Waals surface area contributed by atoms with Gasteiger partial charge in [-0.25, -0.2) is 9.97 Å². The summed E-state index contributed by atoms with van der Waals surface area (Å²) in [5.41, 5.74) is 4.70. The van der Waals surface area contributed by atoms with Crippen LogP contribution < -0.4 is 4.90 Å². The standard InChI is InChI=1S/C27H30N4/c1-4-23-16-17-24-26(25(5-2)31(23)19-22-14-10-7-11-15-22)27(29-20-28-24)30(3)18-21-12-8-6-9-13-21/h2,6-15,20,23,25H,4,16-19H2,1,3H3/t23-,25+/m1/s1. The smallest absolute Gasteiger partial charge is 0.138 e. The SMILES string of the molecule is C#C[C@H]1c2c(ncnc2N(C)Cc2ccccc2)CC[C@@H](CC)N1Cc1ccccc1. The maximum Gasteiger partial charge on any atom is 0.138 e. The number of aryl methyl sites for hydroxylation is 1. The molecule has 3 aromatic rings. The molecule has 0 aliphatic carbocycles. The topological polar surface area (TPSA) is 32.3 Å². The average molecular weight is 411 g/mol. The monoisotopic (exact) mass is 410 g/mol. The molecule has 0 radical (unpaired) electrons. The molecular weight excluding hydrogens is 380 g/mol. The number of terminal acetylenes is 1. The Kier molecular flexibility index (Phi) is 6.64. The third-order valence-corrected chi connectivity index (χ3v) is 6.20. The zero-order valence-corrected chi connectivity index (χ0v) is 18.4. The van der Waals surface area contributed by atoms with Crippen LogP contribution in [0.1, 0.15) is 48.2 Å². The number of fused-ring (bicyclic) bond motifs is 1. The molecule has 0 unspecified atom stereocenters. The van der Waals surface area contributed by atoms with Crippen LogP contribution in [0.3, 0.4) is 0 Å². The van der Waals surface area contributed by atoms with Crippen LogP contribution in [0.25, 0.3) is 0 Å². The van der Waals surface area contributed by atoms with Crippen molar-refractivity contribution in [2.75, 3.05) is 11.9 Å². The highest BCUT2D eigenvalue weighted by atomic mass is 15.2. The molecule has 31 heavy (non-hydrogen) atoms. The molecule has 0 fully saturated rings. The Balaban J connectivity index is 1.73. The lowest BCUT2D eigenvalue weighted by Crippen LogP contribution is -2.37. The fourth-order valence-corrected chi connectivity index (χ4v) is 4.62. The highest BCUT2D eigenvalue weighted by Gasteiger charge is 2.34. The Bertz CT molecular complexity index is 1030. The fourth-order valence-electron chi connectivity index (χ4n) is 4.62. The van der Waals surface area contributed by atoms with E-state index in [1.165, 1.54) is 11.1 Å². The van der Waals surface area contributed by atoms with Gasteiger partial charge in [-0.05, 0) is 30.4 Å². The van der Waals surface area contributed by atoms with Crippen molar-refractivity contribution in [2.45, 2.75) is 51.4 Å². The first kappa shape index (κ1) is 21.1. The third kappa shape index (κ3) is 4.62. The molecule has 0 saturated heterocycles. The molecule has 158 valence electrons. The number of hydrogen-bond donors (Lipinski definition) is 0. The molecule has 4 heteroatoms. The Hall–Kier alpha value is -3.16. The lowest BCUT2D eigenvalue weighted by Gasteiger charge is -2.35. The van der Waals surface area contributed by atoms with E-state index in [1.807, 2.05) is 6.07 Å². The van der Waals surface area contributed by atoms with Crippen LogP contribution in [0.2, 0.25) is 0 Å². The predicted octanol–water partition coefficient (Wildman–Crippen LogP) is 5.01. The molecule has 1 aliphatic heterocycles. The second kappa shape index (κ2) is 9.76. The minimum Gasteiger partial charge on any atom is -0.355 e. The molecule has 4 rings (SSSR count). The van der Waals surface area contributed by atoms with Crippen LogP contribution in [0.4, 0.5) is 5.82 Å². The third-order valence-electron chi connectivity index (χ3n) is 6.20. The molecular formula is C27H30N4. The minimum absolute atomic E-state index is 0.155. The van der Waals surface area contributed by atoms with E-state index in [2.05, 4.69) is 89.3 Å². The maximum atomic E-state index is 6.20. The molecule has 4 nitrogen and oxygen atoms in total. The molecule has 0 saturated carbocycles. The highest BCUT2D eigenvalue weighted by molar-refractivity contribution is 5.53. The Labute approximate surface area is 186 Å². The van der Waals surface area contributed by atoms with Crippen LogP contribution in [0.15, 0.2) is 67.0 Å². The van der Waals surface area contributed by atoms with Gasteiger partial charge < -0.3 is 4.90 Å². The molecule has 2 aromatic carbocycles. The summed E-state index contributed by atoms with van der Waals surface area (Å²) in [7, 11) is 2.09. The van der Waals surface area contributed by atoms with Crippen LogP contribution in [0.5, 0.6) is 0 Å². The van der Waals surface area contributed by atoms with Crippen molar-refractivity contribution < 1.29 is 0 Å². The molecule has 2 heterocycles. The zero-order valence-electron chi connectivity index (χ0n) is 18.4. The molecule has 1 aliphatic rings. The van der Waals surface area contributed by atoms with Crippen molar-refractivity contribution in [2.24, 2.45) is 0 Å². The van der Waals surface area contributed by atoms with Gasteiger partial charge in [0.1, 0.15) is 18.2 Å². The molecule has 1 aromatic heterocycles. The Morgan fingerprint density at radius 3 is 2.35 bits per heavy atom. The average Bonchev–Trinajstić information content (AvgIpc) is 2.96. The second-order valence-electron chi connectivity index (χ2n) is 8.23. The first-order valence-corrected chi connectivity index (χ1v) is 11.1.